The number of esters is 1. The standard InChI is InChI=1S/C11H12N4O.C11H11NO2/c1-13-11(12)15-10(16)9-6-7-4-2-3-5-8(7)14-9;1-12-7-9(11(13)14-2)8-5-3-4-6-10(8)12/h2-6,14H,1H3,(H3,12,13,15,16);3-7H,1-2H3. The van der Waals surface area contributed by atoms with Crippen molar-refractivity contribution >= 4 is 39.6 Å². The molecule has 2 aromatic carbocycles. The van der Waals surface area contributed by atoms with Crippen LogP contribution in [-0.4, -0.2) is 41.5 Å². The number of rotatable bonds is 2. The van der Waals surface area contributed by atoms with Gasteiger partial charge in [0.05, 0.1) is 12.7 Å². The Morgan fingerprint density at radius 2 is 1.83 bits per heavy atom. The van der Waals surface area contributed by atoms with Gasteiger partial charge in [-0.05, 0) is 18.2 Å². The molecule has 1 amide bonds. The van der Waals surface area contributed by atoms with E-state index < -0.39 is 0 Å². The molecule has 0 fully saturated rings. The number of para-hydroxylation sites is 2. The van der Waals surface area contributed by atoms with Crippen molar-refractivity contribution in [2.24, 2.45) is 17.8 Å². The molecular formula is C22H23N5O3. The summed E-state index contributed by atoms with van der Waals surface area (Å²) in [5, 5.41) is 4.38. The smallest absolute Gasteiger partial charge is 0.340 e. The van der Waals surface area contributed by atoms with Gasteiger partial charge in [-0.3, -0.25) is 15.1 Å². The number of ether oxygens (including phenoxy) is 1. The number of aromatic nitrogens is 2. The quantitative estimate of drug-likeness (QED) is 0.270. The van der Waals surface area contributed by atoms with Gasteiger partial charge in [-0.25, -0.2) is 4.79 Å². The molecule has 8 nitrogen and oxygen atoms in total. The molecule has 30 heavy (non-hydrogen) atoms. The van der Waals surface area contributed by atoms with Crippen LogP contribution in [0.3, 0.4) is 0 Å². The zero-order valence-electron chi connectivity index (χ0n) is 17.0. The number of aliphatic imine (C=N–C) groups is 1. The SMILES string of the molecule is CN=C(N)NC(=O)c1cc2ccccc2[nH]1.COC(=O)c1cn(C)c2ccccc12. The summed E-state index contributed by atoms with van der Waals surface area (Å²) in [5.74, 6) is -0.482. The van der Waals surface area contributed by atoms with Crippen molar-refractivity contribution in [2.75, 3.05) is 14.2 Å². The van der Waals surface area contributed by atoms with Gasteiger partial charge in [0.15, 0.2) is 5.96 Å². The zero-order chi connectivity index (χ0) is 21.7. The number of carbonyl (C=O) groups excluding carboxylic acids is 2. The molecule has 0 aliphatic carbocycles. The summed E-state index contributed by atoms with van der Waals surface area (Å²) in [6.45, 7) is 0. The van der Waals surface area contributed by atoms with Gasteiger partial charge in [-0.15, -0.1) is 0 Å². The van der Waals surface area contributed by atoms with Crippen LogP contribution < -0.4 is 11.1 Å². The van der Waals surface area contributed by atoms with Crippen LogP contribution in [0.5, 0.6) is 0 Å². The second-order valence-electron chi connectivity index (χ2n) is 6.50. The number of methoxy groups -OCH3 is 1. The van der Waals surface area contributed by atoms with Gasteiger partial charge >= 0.3 is 5.97 Å². The van der Waals surface area contributed by atoms with Gasteiger partial charge in [0.2, 0.25) is 0 Å². The average Bonchev–Trinajstić information content (AvgIpc) is 3.35. The van der Waals surface area contributed by atoms with Crippen molar-refractivity contribution in [1.29, 1.82) is 0 Å². The Balaban J connectivity index is 0.000000172. The third-order valence-corrected chi connectivity index (χ3v) is 4.56. The lowest BCUT2D eigenvalue weighted by Gasteiger charge is -2.00. The van der Waals surface area contributed by atoms with Crippen LogP contribution >= 0.6 is 0 Å². The molecule has 0 bridgehead atoms. The van der Waals surface area contributed by atoms with Crippen LogP contribution in [0.1, 0.15) is 20.8 Å². The van der Waals surface area contributed by atoms with Crippen LogP contribution in [0.15, 0.2) is 65.8 Å². The lowest BCUT2D eigenvalue weighted by Crippen LogP contribution is -2.36. The maximum atomic E-state index is 11.7. The van der Waals surface area contributed by atoms with E-state index >= 15 is 0 Å². The molecule has 0 unspecified atom stereocenters. The lowest BCUT2D eigenvalue weighted by molar-refractivity contribution is 0.0602. The average molecular weight is 405 g/mol. The van der Waals surface area contributed by atoms with E-state index in [1.165, 1.54) is 14.2 Å². The third-order valence-electron chi connectivity index (χ3n) is 4.56. The van der Waals surface area contributed by atoms with E-state index in [0.29, 0.717) is 11.3 Å². The minimum Gasteiger partial charge on any atom is -0.465 e. The molecule has 0 saturated heterocycles. The first-order chi connectivity index (χ1) is 14.4. The molecule has 154 valence electrons. The van der Waals surface area contributed by atoms with Gasteiger partial charge in [0, 0.05) is 42.1 Å². The van der Waals surface area contributed by atoms with Crippen molar-refractivity contribution in [3.05, 3.63) is 72.1 Å². The van der Waals surface area contributed by atoms with E-state index in [9.17, 15) is 9.59 Å². The topological polar surface area (TPSA) is 114 Å². The van der Waals surface area contributed by atoms with Crippen molar-refractivity contribution < 1.29 is 14.3 Å². The number of amides is 1. The Bertz CT molecular complexity index is 1200. The Morgan fingerprint density at radius 1 is 1.13 bits per heavy atom. The highest BCUT2D eigenvalue weighted by molar-refractivity contribution is 6.06. The van der Waals surface area contributed by atoms with Crippen molar-refractivity contribution in [3.8, 4) is 0 Å². The number of benzene rings is 2. The lowest BCUT2D eigenvalue weighted by atomic mass is 10.2. The maximum Gasteiger partial charge on any atom is 0.340 e. The fourth-order valence-corrected chi connectivity index (χ4v) is 3.05. The number of aromatic amines is 1. The van der Waals surface area contributed by atoms with Gasteiger partial charge in [0.1, 0.15) is 5.69 Å². The van der Waals surface area contributed by atoms with E-state index in [1.54, 1.807) is 12.3 Å². The minimum absolute atomic E-state index is 0.101. The summed E-state index contributed by atoms with van der Waals surface area (Å²) in [6.07, 6.45) is 1.79. The number of guanidine groups is 1. The molecule has 2 heterocycles. The molecule has 0 saturated carbocycles. The number of nitrogens with zero attached hydrogens (tertiary/aromatic N) is 2. The highest BCUT2D eigenvalue weighted by Gasteiger charge is 2.13. The Hall–Kier alpha value is -4.07. The van der Waals surface area contributed by atoms with Gasteiger partial charge in [0.25, 0.3) is 5.91 Å². The molecule has 8 heteroatoms. The zero-order valence-corrected chi connectivity index (χ0v) is 17.0. The van der Waals surface area contributed by atoms with Gasteiger partial charge in [-0.2, -0.15) is 0 Å². The van der Waals surface area contributed by atoms with Crippen molar-refractivity contribution in [2.45, 2.75) is 0 Å². The van der Waals surface area contributed by atoms with E-state index in [2.05, 4.69) is 15.3 Å². The van der Waals surface area contributed by atoms with Crippen LogP contribution in [0, 0.1) is 0 Å². The number of nitrogens with one attached hydrogen (secondary N) is 2. The molecule has 0 radical (unpaired) electrons. The number of hydrogen-bond acceptors (Lipinski definition) is 4. The Morgan fingerprint density at radius 3 is 2.53 bits per heavy atom. The minimum atomic E-state index is -0.292. The van der Waals surface area contributed by atoms with Gasteiger partial charge < -0.3 is 20.0 Å². The monoisotopic (exact) mass is 405 g/mol. The summed E-state index contributed by atoms with van der Waals surface area (Å²) in [5.41, 5.74) is 8.44. The van der Waals surface area contributed by atoms with Gasteiger partial charge in [-0.1, -0.05) is 36.4 Å². The predicted molar refractivity (Wildman–Crippen MR) is 118 cm³/mol. The highest BCUT2D eigenvalue weighted by Crippen LogP contribution is 2.20. The van der Waals surface area contributed by atoms with Crippen molar-refractivity contribution in [3.63, 3.8) is 0 Å². The summed E-state index contributed by atoms with van der Waals surface area (Å²) < 4.78 is 6.62. The molecule has 4 aromatic rings. The summed E-state index contributed by atoms with van der Waals surface area (Å²) in [4.78, 5) is 29.7. The molecule has 0 aliphatic rings. The predicted octanol–water partition coefficient (Wildman–Crippen LogP) is 2.81. The number of fused-ring (bicyclic) bond motifs is 2. The number of hydrogen-bond donors (Lipinski definition) is 3. The molecule has 0 spiro atoms. The third kappa shape index (κ3) is 4.33. The number of carbonyl (C=O) groups is 2. The molecule has 4 rings (SSSR count). The number of nitrogens with two attached hydrogens (primary N) is 1. The van der Waals surface area contributed by atoms with Crippen molar-refractivity contribution in [1.82, 2.24) is 14.9 Å². The fraction of sp³-hybridized carbons (Fsp3) is 0.136. The molecule has 4 N–H and O–H groups in total. The normalized spacial score (nSPS) is 11.1. The number of aryl methyl sites for hydroxylation is 1. The molecule has 0 aliphatic heterocycles. The molecule has 0 atom stereocenters. The fourth-order valence-electron chi connectivity index (χ4n) is 3.05. The van der Waals surface area contributed by atoms with Crippen LogP contribution in [0.4, 0.5) is 0 Å². The number of H-pyrrole nitrogens is 1. The Kier molecular flexibility index (Phi) is 6.17. The van der Waals surface area contributed by atoms with Crippen LogP contribution in [-0.2, 0) is 11.8 Å². The first-order valence-corrected chi connectivity index (χ1v) is 9.18. The first kappa shape index (κ1) is 20.7. The molecule has 2 aromatic heterocycles. The van der Waals surface area contributed by atoms with Crippen LogP contribution in [0.25, 0.3) is 21.8 Å². The summed E-state index contributed by atoms with van der Waals surface area (Å²) in [7, 11) is 4.82. The second-order valence-corrected chi connectivity index (χ2v) is 6.50. The second kappa shape index (κ2) is 8.95. The van der Waals surface area contributed by atoms with E-state index in [4.69, 9.17) is 10.5 Å². The maximum absolute atomic E-state index is 11.7. The highest BCUT2D eigenvalue weighted by atomic mass is 16.5. The summed E-state index contributed by atoms with van der Waals surface area (Å²) >= 11 is 0. The van der Waals surface area contributed by atoms with E-state index in [0.717, 1.165) is 21.8 Å². The molecular weight excluding hydrogens is 382 g/mol. The van der Waals surface area contributed by atoms with E-state index in [1.807, 2.05) is 60.1 Å². The van der Waals surface area contributed by atoms with Crippen LogP contribution in [0.2, 0.25) is 0 Å². The first-order valence-electron chi connectivity index (χ1n) is 9.18. The largest absolute Gasteiger partial charge is 0.465 e. The summed E-state index contributed by atoms with van der Waals surface area (Å²) in [6, 6.07) is 17.2. The van der Waals surface area contributed by atoms with E-state index in [-0.39, 0.29) is 17.8 Å². The Labute approximate surface area is 173 Å².